The van der Waals surface area contributed by atoms with Gasteiger partial charge in [-0.25, -0.2) is 4.98 Å². The van der Waals surface area contributed by atoms with E-state index in [-0.39, 0.29) is 5.91 Å². The van der Waals surface area contributed by atoms with E-state index in [1.807, 2.05) is 31.2 Å². The number of aromatic amines is 1. The predicted molar refractivity (Wildman–Crippen MR) is 80.8 cm³/mol. The summed E-state index contributed by atoms with van der Waals surface area (Å²) in [7, 11) is 0. The molecular formula is C13H10BrN3OS. The van der Waals surface area contributed by atoms with Crippen molar-refractivity contribution >= 4 is 49.2 Å². The molecule has 96 valence electrons. The SMILES string of the molecule is Cc1cnc(NC(=O)c2cc3ccc(Br)cc3[nH]2)s1. The van der Waals surface area contributed by atoms with Gasteiger partial charge in [-0.3, -0.25) is 10.1 Å². The third-order valence-corrected chi connectivity index (χ3v) is 3.99. The number of H-pyrrole nitrogens is 1. The number of nitrogens with one attached hydrogen (secondary N) is 2. The number of rotatable bonds is 2. The zero-order valence-corrected chi connectivity index (χ0v) is 12.4. The molecule has 2 heterocycles. The number of fused-ring (bicyclic) bond motifs is 1. The minimum Gasteiger partial charge on any atom is -0.350 e. The summed E-state index contributed by atoms with van der Waals surface area (Å²) in [6.07, 6.45) is 1.74. The largest absolute Gasteiger partial charge is 0.350 e. The maximum absolute atomic E-state index is 12.1. The van der Waals surface area contributed by atoms with E-state index in [1.54, 1.807) is 6.20 Å². The zero-order chi connectivity index (χ0) is 13.4. The molecule has 0 atom stereocenters. The van der Waals surface area contributed by atoms with Crippen molar-refractivity contribution in [3.8, 4) is 0 Å². The summed E-state index contributed by atoms with van der Waals surface area (Å²) in [5.41, 5.74) is 1.45. The molecule has 0 aliphatic rings. The Morgan fingerprint density at radius 3 is 3.00 bits per heavy atom. The summed E-state index contributed by atoms with van der Waals surface area (Å²) in [5, 5.41) is 4.40. The molecular weight excluding hydrogens is 326 g/mol. The van der Waals surface area contributed by atoms with E-state index >= 15 is 0 Å². The number of hydrogen-bond acceptors (Lipinski definition) is 3. The Balaban J connectivity index is 1.89. The molecule has 0 aliphatic carbocycles. The van der Waals surface area contributed by atoms with Gasteiger partial charge in [0.1, 0.15) is 5.69 Å². The molecule has 0 saturated carbocycles. The average Bonchev–Trinajstić information content (AvgIpc) is 2.95. The highest BCUT2D eigenvalue weighted by molar-refractivity contribution is 9.10. The maximum atomic E-state index is 12.1. The number of halogens is 1. The molecule has 2 N–H and O–H groups in total. The lowest BCUT2D eigenvalue weighted by Crippen LogP contribution is -2.11. The Kier molecular flexibility index (Phi) is 3.12. The zero-order valence-electron chi connectivity index (χ0n) is 10.0. The van der Waals surface area contributed by atoms with Crippen molar-refractivity contribution in [2.75, 3.05) is 5.32 Å². The van der Waals surface area contributed by atoms with E-state index < -0.39 is 0 Å². The molecule has 1 aromatic carbocycles. The number of amides is 1. The molecule has 2 aromatic heterocycles. The van der Waals surface area contributed by atoms with Crippen LogP contribution in [0.15, 0.2) is 34.9 Å². The first kappa shape index (κ1) is 12.4. The summed E-state index contributed by atoms with van der Waals surface area (Å²) < 4.78 is 0.976. The molecule has 0 unspecified atom stereocenters. The van der Waals surface area contributed by atoms with Crippen LogP contribution in [0, 0.1) is 6.92 Å². The van der Waals surface area contributed by atoms with Gasteiger partial charge in [0.05, 0.1) is 0 Å². The van der Waals surface area contributed by atoms with E-state index in [9.17, 15) is 4.79 Å². The van der Waals surface area contributed by atoms with Gasteiger partial charge < -0.3 is 4.98 Å². The Hall–Kier alpha value is -1.66. The molecule has 19 heavy (non-hydrogen) atoms. The van der Waals surface area contributed by atoms with Crippen molar-refractivity contribution in [2.24, 2.45) is 0 Å². The molecule has 0 radical (unpaired) electrons. The minimum absolute atomic E-state index is 0.179. The topological polar surface area (TPSA) is 57.8 Å². The summed E-state index contributed by atoms with van der Waals surface area (Å²) in [5.74, 6) is -0.179. The molecule has 0 bridgehead atoms. The number of benzene rings is 1. The van der Waals surface area contributed by atoms with Gasteiger partial charge in [0.2, 0.25) is 0 Å². The van der Waals surface area contributed by atoms with Gasteiger partial charge in [0.25, 0.3) is 5.91 Å². The highest BCUT2D eigenvalue weighted by atomic mass is 79.9. The lowest BCUT2D eigenvalue weighted by Gasteiger charge is -1.97. The second kappa shape index (κ2) is 4.79. The van der Waals surface area contributed by atoms with Gasteiger partial charge in [-0.05, 0) is 25.1 Å². The van der Waals surface area contributed by atoms with Crippen LogP contribution in [0.1, 0.15) is 15.4 Å². The van der Waals surface area contributed by atoms with Crippen LogP contribution in [0.2, 0.25) is 0 Å². The first-order valence-electron chi connectivity index (χ1n) is 5.64. The molecule has 3 aromatic rings. The summed E-state index contributed by atoms with van der Waals surface area (Å²) in [6.45, 7) is 1.95. The molecule has 0 aliphatic heterocycles. The predicted octanol–water partition coefficient (Wildman–Crippen LogP) is 3.95. The van der Waals surface area contributed by atoms with E-state index in [0.717, 1.165) is 20.3 Å². The van der Waals surface area contributed by atoms with Crippen LogP contribution < -0.4 is 5.32 Å². The van der Waals surface area contributed by atoms with E-state index in [1.165, 1.54) is 11.3 Å². The molecule has 0 saturated heterocycles. The first-order valence-corrected chi connectivity index (χ1v) is 7.25. The molecule has 4 nitrogen and oxygen atoms in total. The highest BCUT2D eigenvalue weighted by Gasteiger charge is 2.11. The smallest absolute Gasteiger partial charge is 0.273 e. The van der Waals surface area contributed by atoms with Crippen LogP contribution >= 0.6 is 27.3 Å². The second-order valence-corrected chi connectivity index (χ2v) is 6.30. The van der Waals surface area contributed by atoms with Crippen LogP contribution in [-0.4, -0.2) is 15.9 Å². The van der Waals surface area contributed by atoms with Gasteiger partial charge in [0, 0.05) is 26.4 Å². The summed E-state index contributed by atoms with van der Waals surface area (Å²) >= 11 is 4.86. The number of nitrogens with zero attached hydrogens (tertiary/aromatic N) is 1. The number of hydrogen-bond donors (Lipinski definition) is 2. The van der Waals surface area contributed by atoms with Crippen molar-refractivity contribution in [2.45, 2.75) is 6.92 Å². The maximum Gasteiger partial charge on any atom is 0.273 e. The Bertz CT molecular complexity index is 762. The van der Waals surface area contributed by atoms with Gasteiger partial charge >= 0.3 is 0 Å². The van der Waals surface area contributed by atoms with Crippen molar-refractivity contribution in [1.82, 2.24) is 9.97 Å². The minimum atomic E-state index is -0.179. The number of anilines is 1. The number of aromatic nitrogens is 2. The Morgan fingerprint density at radius 1 is 1.42 bits per heavy atom. The van der Waals surface area contributed by atoms with Crippen LogP contribution in [0.3, 0.4) is 0 Å². The van der Waals surface area contributed by atoms with Crippen LogP contribution in [-0.2, 0) is 0 Å². The number of carbonyl (C=O) groups excluding carboxylic acids is 1. The molecule has 0 fully saturated rings. The van der Waals surface area contributed by atoms with Gasteiger partial charge in [0.15, 0.2) is 5.13 Å². The fourth-order valence-corrected chi connectivity index (χ4v) is 2.82. The molecule has 6 heteroatoms. The molecule has 0 spiro atoms. The number of thiazole rings is 1. The van der Waals surface area contributed by atoms with Crippen molar-refractivity contribution < 1.29 is 4.79 Å². The molecule has 1 amide bonds. The average molecular weight is 336 g/mol. The van der Waals surface area contributed by atoms with E-state index in [0.29, 0.717) is 10.8 Å². The van der Waals surface area contributed by atoms with Gasteiger partial charge in [-0.15, -0.1) is 11.3 Å². The third kappa shape index (κ3) is 2.54. The fraction of sp³-hybridized carbons (Fsp3) is 0.0769. The monoisotopic (exact) mass is 335 g/mol. The second-order valence-electron chi connectivity index (χ2n) is 4.14. The van der Waals surface area contributed by atoms with Gasteiger partial charge in [-0.1, -0.05) is 22.0 Å². The van der Waals surface area contributed by atoms with Crippen LogP contribution in [0.25, 0.3) is 10.9 Å². The first-order chi connectivity index (χ1) is 9.11. The quantitative estimate of drug-likeness (QED) is 0.744. The van der Waals surface area contributed by atoms with Crippen molar-refractivity contribution in [3.05, 3.63) is 45.5 Å². The summed E-state index contributed by atoms with van der Waals surface area (Å²) in [4.78, 5) is 20.4. The van der Waals surface area contributed by atoms with Crippen molar-refractivity contribution in [1.29, 1.82) is 0 Å². The Labute approximate surface area is 122 Å². The standard InChI is InChI=1S/C13H10BrN3OS/c1-7-6-15-13(19-7)17-12(18)11-4-8-2-3-9(14)5-10(8)16-11/h2-6,16H,1H3,(H,15,17,18). The van der Waals surface area contributed by atoms with Gasteiger partial charge in [-0.2, -0.15) is 0 Å². The van der Waals surface area contributed by atoms with Crippen LogP contribution in [0.5, 0.6) is 0 Å². The highest BCUT2D eigenvalue weighted by Crippen LogP contribution is 2.22. The molecule has 3 rings (SSSR count). The van der Waals surface area contributed by atoms with Crippen molar-refractivity contribution in [3.63, 3.8) is 0 Å². The Morgan fingerprint density at radius 2 is 2.26 bits per heavy atom. The summed E-state index contributed by atoms with van der Waals surface area (Å²) in [6, 6.07) is 7.68. The third-order valence-electron chi connectivity index (χ3n) is 2.67. The number of carbonyl (C=O) groups is 1. The fourth-order valence-electron chi connectivity index (χ4n) is 1.80. The normalized spacial score (nSPS) is 10.8. The van der Waals surface area contributed by atoms with Crippen LogP contribution in [0.4, 0.5) is 5.13 Å². The lowest BCUT2D eigenvalue weighted by atomic mass is 10.2. The van der Waals surface area contributed by atoms with E-state index in [4.69, 9.17) is 0 Å². The number of aryl methyl sites for hydroxylation is 1. The lowest BCUT2D eigenvalue weighted by molar-refractivity contribution is 0.102. The van der Waals surface area contributed by atoms with E-state index in [2.05, 4.69) is 31.2 Å².